The molecule has 13 heavy (non-hydrogen) atoms. The van der Waals surface area contributed by atoms with Crippen molar-refractivity contribution in [3.8, 4) is 0 Å². The van der Waals surface area contributed by atoms with Gasteiger partial charge in [-0.1, -0.05) is 18.6 Å². The van der Waals surface area contributed by atoms with E-state index in [2.05, 4.69) is 11.4 Å². The highest BCUT2D eigenvalue weighted by Crippen LogP contribution is 2.18. The lowest BCUT2D eigenvalue weighted by molar-refractivity contribution is 0.338. The van der Waals surface area contributed by atoms with E-state index in [1.807, 2.05) is 18.2 Å². The molecule has 0 aliphatic heterocycles. The number of hydrogen-bond acceptors (Lipinski definition) is 2. The second-order valence-electron chi connectivity index (χ2n) is 3.75. The van der Waals surface area contributed by atoms with Crippen LogP contribution in [0.3, 0.4) is 0 Å². The van der Waals surface area contributed by atoms with E-state index in [9.17, 15) is 0 Å². The number of benzene rings is 1. The third-order valence-corrected chi connectivity index (χ3v) is 2.65. The fraction of sp³-hybridized carbons (Fsp3) is 0.455. The predicted octanol–water partition coefficient (Wildman–Crippen LogP) is 1.91. The molecule has 2 heteroatoms. The third kappa shape index (κ3) is 2.22. The monoisotopic (exact) mass is 176 g/mol. The van der Waals surface area contributed by atoms with E-state index in [-0.39, 0.29) is 0 Å². The van der Waals surface area contributed by atoms with Crippen molar-refractivity contribution in [2.75, 3.05) is 5.73 Å². The van der Waals surface area contributed by atoms with E-state index in [4.69, 9.17) is 5.73 Å². The second kappa shape index (κ2) is 3.79. The molecule has 1 aliphatic rings. The summed E-state index contributed by atoms with van der Waals surface area (Å²) in [5, 5.41) is 3.51. The van der Waals surface area contributed by atoms with Crippen LogP contribution in [0, 0.1) is 0 Å². The van der Waals surface area contributed by atoms with Gasteiger partial charge in [0.1, 0.15) is 0 Å². The van der Waals surface area contributed by atoms with Gasteiger partial charge in [0.25, 0.3) is 0 Å². The molecular weight excluding hydrogens is 160 g/mol. The molecular formula is C11H16N2. The van der Waals surface area contributed by atoms with Crippen molar-refractivity contribution in [1.29, 1.82) is 0 Å². The summed E-state index contributed by atoms with van der Waals surface area (Å²) in [6.45, 7) is 0.954. The van der Waals surface area contributed by atoms with Gasteiger partial charge in [-0.15, -0.1) is 0 Å². The van der Waals surface area contributed by atoms with E-state index in [1.165, 1.54) is 24.8 Å². The molecule has 70 valence electrons. The van der Waals surface area contributed by atoms with Crippen LogP contribution in [-0.2, 0) is 6.54 Å². The first-order chi connectivity index (χ1) is 6.34. The number of nitrogens with one attached hydrogen (secondary N) is 1. The fourth-order valence-electron chi connectivity index (χ4n) is 1.58. The van der Waals surface area contributed by atoms with Gasteiger partial charge in [0, 0.05) is 18.3 Å². The molecule has 1 fully saturated rings. The zero-order chi connectivity index (χ0) is 9.10. The summed E-state index contributed by atoms with van der Waals surface area (Å²) in [5.41, 5.74) is 7.82. The van der Waals surface area contributed by atoms with Gasteiger partial charge in [0.15, 0.2) is 0 Å². The molecule has 0 bridgehead atoms. The minimum atomic E-state index is 0.751. The smallest absolute Gasteiger partial charge is 0.0317 e. The number of anilines is 1. The molecule has 2 nitrogen and oxygen atoms in total. The van der Waals surface area contributed by atoms with Crippen LogP contribution >= 0.6 is 0 Å². The molecule has 0 atom stereocenters. The van der Waals surface area contributed by atoms with E-state index in [1.54, 1.807) is 0 Å². The Balaban J connectivity index is 1.86. The number of nitrogens with two attached hydrogens (primary N) is 1. The van der Waals surface area contributed by atoms with Crippen LogP contribution in [0.4, 0.5) is 5.69 Å². The summed E-state index contributed by atoms with van der Waals surface area (Å²) in [6.07, 6.45) is 4.05. The van der Waals surface area contributed by atoms with Crippen LogP contribution < -0.4 is 11.1 Å². The normalized spacial score (nSPS) is 16.9. The van der Waals surface area contributed by atoms with Gasteiger partial charge < -0.3 is 11.1 Å². The number of rotatable bonds is 3. The number of hydrogen-bond donors (Lipinski definition) is 2. The molecule has 1 aromatic rings. The Kier molecular flexibility index (Phi) is 2.50. The molecule has 1 aliphatic carbocycles. The quantitative estimate of drug-likeness (QED) is 0.690. The van der Waals surface area contributed by atoms with Crippen molar-refractivity contribution in [2.24, 2.45) is 0 Å². The zero-order valence-electron chi connectivity index (χ0n) is 7.79. The molecule has 0 saturated heterocycles. The SMILES string of the molecule is Nc1cccc(CNC2CCC2)c1. The third-order valence-electron chi connectivity index (χ3n) is 2.65. The van der Waals surface area contributed by atoms with Gasteiger partial charge in [0.05, 0.1) is 0 Å². The molecule has 1 saturated carbocycles. The predicted molar refractivity (Wildman–Crippen MR) is 55.3 cm³/mol. The summed E-state index contributed by atoms with van der Waals surface area (Å²) in [5.74, 6) is 0. The standard InChI is InChI=1S/C11H16N2/c12-10-4-1-3-9(7-10)8-13-11-5-2-6-11/h1,3-4,7,11,13H,2,5-6,8,12H2. The van der Waals surface area contributed by atoms with Gasteiger partial charge in [-0.25, -0.2) is 0 Å². The van der Waals surface area contributed by atoms with Crippen LogP contribution in [0.5, 0.6) is 0 Å². The first kappa shape index (κ1) is 8.57. The van der Waals surface area contributed by atoms with Crippen molar-refractivity contribution >= 4 is 5.69 Å². The highest BCUT2D eigenvalue weighted by Gasteiger charge is 2.15. The van der Waals surface area contributed by atoms with Gasteiger partial charge in [-0.05, 0) is 30.5 Å². The molecule has 0 aromatic heterocycles. The Morgan fingerprint density at radius 1 is 1.38 bits per heavy atom. The molecule has 0 amide bonds. The second-order valence-corrected chi connectivity index (χ2v) is 3.75. The highest BCUT2D eigenvalue weighted by atomic mass is 14.9. The van der Waals surface area contributed by atoms with Gasteiger partial charge in [0.2, 0.25) is 0 Å². The van der Waals surface area contributed by atoms with Crippen molar-refractivity contribution < 1.29 is 0 Å². The van der Waals surface area contributed by atoms with Crippen molar-refractivity contribution in [3.63, 3.8) is 0 Å². The summed E-state index contributed by atoms with van der Waals surface area (Å²) in [7, 11) is 0. The summed E-state index contributed by atoms with van der Waals surface area (Å²) < 4.78 is 0. The average Bonchev–Trinajstić information content (AvgIpc) is 2.01. The fourth-order valence-corrected chi connectivity index (χ4v) is 1.58. The van der Waals surface area contributed by atoms with E-state index in [0.717, 1.165) is 18.3 Å². The minimum absolute atomic E-state index is 0.751. The Morgan fingerprint density at radius 2 is 2.23 bits per heavy atom. The maximum atomic E-state index is 5.68. The Morgan fingerprint density at radius 3 is 2.85 bits per heavy atom. The first-order valence-electron chi connectivity index (χ1n) is 4.92. The minimum Gasteiger partial charge on any atom is -0.399 e. The van der Waals surface area contributed by atoms with Crippen LogP contribution in [0.25, 0.3) is 0 Å². The lowest BCUT2D eigenvalue weighted by Crippen LogP contribution is -2.34. The van der Waals surface area contributed by atoms with E-state index in [0.29, 0.717) is 0 Å². The average molecular weight is 176 g/mol. The largest absolute Gasteiger partial charge is 0.399 e. The Bertz CT molecular complexity index is 279. The number of nitrogen functional groups attached to an aromatic ring is 1. The summed E-state index contributed by atoms with van der Waals surface area (Å²) >= 11 is 0. The van der Waals surface area contributed by atoms with E-state index < -0.39 is 0 Å². The van der Waals surface area contributed by atoms with Crippen molar-refractivity contribution in [2.45, 2.75) is 31.8 Å². The molecule has 0 heterocycles. The maximum Gasteiger partial charge on any atom is 0.0317 e. The molecule has 1 aromatic carbocycles. The Hall–Kier alpha value is -1.02. The van der Waals surface area contributed by atoms with Gasteiger partial charge in [-0.3, -0.25) is 0 Å². The highest BCUT2D eigenvalue weighted by molar-refractivity contribution is 5.40. The summed E-state index contributed by atoms with van der Waals surface area (Å²) in [4.78, 5) is 0. The van der Waals surface area contributed by atoms with Crippen LogP contribution in [-0.4, -0.2) is 6.04 Å². The van der Waals surface area contributed by atoms with Gasteiger partial charge in [-0.2, -0.15) is 0 Å². The van der Waals surface area contributed by atoms with Crippen LogP contribution in [0.1, 0.15) is 24.8 Å². The first-order valence-corrected chi connectivity index (χ1v) is 4.92. The molecule has 2 rings (SSSR count). The molecule has 3 N–H and O–H groups in total. The summed E-state index contributed by atoms with van der Waals surface area (Å²) in [6, 6.07) is 8.83. The van der Waals surface area contributed by atoms with Crippen molar-refractivity contribution in [1.82, 2.24) is 5.32 Å². The lowest BCUT2D eigenvalue weighted by atomic mass is 9.93. The van der Waals surface area contributed by atoms with Gasteiger partial charge >= 0.3 is 0 Å². The molecule has 0 unspecified atom stereocenters. The zero-order valence-corrected chi connectivity index (χ0v) is 7.79. The Labute approximate surface area is 79.1 Å². The lowest BCUT2D eigenvalue weighted by Gasteiger charge is -2.26. The van der Waals surface area contributed by atoms with Crippen LogP contribution in [0.15, 0.2) is 24.3 Å². The topological polar surface area (TPSA) is 38.0 Å². The molecule has 0 radical (unpaired) electrons. The van der Waals surface area contributed by atoms with E-state index >= 15 is 0 Å². The van der Waals surface area contributed by atoms with Crippen LogP contribution in [0.2, 0.25) is 0 Å². The maximum absolute atomic E-state index is 5.68. The molecule has 0 spiro atoms. The van der Waals surface area contributed by atoms with Crippen molar-refractivity contribution in [3.05, 3.63) is 29.8 Å².